The minimum Gasteiger partial charge on any atom is -0.338 e. The van der Waals surface area contributed by atoms with Crippen LogP contribution in [0.2, 0.25) is 0 Å². The van der Waals surface area contributed by atoms with Crippen molar-refractivity contribution in [2.45, 2.75) is 38.5 Å². The lowest BCUT2D eigenvalue weighted by molar-refractivity contribution is 0.0706. The Labute approximate surface area is 146 Å². The molecule has 24 heavy (non-hydrogen) atoms. The number of nitrogens with zero attached hydrogens (tertiary/aromatic N) is 3. The van der Waals surface area contributed by atoms with Crippen LogP contribution in [0.25, 0.3) is 0 Å². The van der Waals surface area contributed by atoms with Crippen molar-refractivity contribution in [1.29, 1.82) is 0 Å². The number of carbonyl (C=O) groups is 1. The molecule has 5 nitrogen and oxygen atoms in total. The molecule has 1 saturated heterocycles. The number of piperidine rings is 1. The molecule has 0 saturated carbocycles. The van der Waals surface area contributed by atoms with E-state index in [1.54, 1.807) is 30.6 Å². The molecule has 2 aromatic rings. The number of aryl methyl sites for hydroxylation is 1. The lowest BCUT2D eigenvalue weighted by atomic mass is 9.98. The standard InChI is InChI=1S/C18H23N3O2S/c1-12(2)15-11-24-17(19-15)13-5-4-8-21(10-13)18(23)14-6-7-16(22)20(3)9-14/h6-7,9,11-13H,4-5,8,10H2,1-3H3/t13-/m1/s1. The van der Waals surface area contributed by atoms with Crippen molar-refractivity contribution in [3.05, 3.63) is 50.3 Å². The monoisotopic (exact) mass is 345 g/mol. The summed E-state index contributed by atoms with van der Waals surface area (Å²) in [7, 11) is 1.67. The zero-order valence-electron chi connectivity index (χ0n) is 14.4. The molecule has 0 aliphatic carbocycles. The van der Waals surface area contributed by atoms with E-state index in [0.29, 0.717) is 23.9 Å². The molecule has 0 unspecified atom stereocenters. The van der Waals surface area contributed by atoms with Crippen molar-refractivity contribution in [1.82, 2.24) is 14.5 Å². The van der Waals surface area contributed by atoms with Crippen LogP contribution in [0.4, 0.5) is 0 Å². The minimum atomic E-state index is -0.105. The zero-order chi connectivity index (χ0) is 17.3. The van der Waals surface area contributed by atoms with Gasteiger partial charge in [-0.05, 0) is 24.8 Å². The number of rotatable bonds is 3. The molecule has 3 rings (SSSR count). The summed E-state index contributed by atoms with van der Waals surface area (Å²) in [4.78, 5) is 30.9. The number of likely N-dealkylation sites (tertiary alicyclic amines) is 1. The summed E-state index contributed by atoms with van der Waals surface area (Å²) in [5.74, 6) is 0.741. The van der Waals surface area contributed by atoms with Gasteiger partial charge in [0.15, 0.2) is 0 Å². The van der Waals surface area contributed by atoms with Gasteiger partial charge in [-0.2, -0.15) is 0 Å². The van der Waals surface area contributed by atoms with Crippen LogP contribution in [0.1, 0.15) is 59.6 Å². The van der Waals surface area contributed by atoms with Gasteiger partial charge in [-0.1, -0.05) is 13.8 Å². The zero-order valence-corrected chi connectivity index (χ0v) is 15.2. The largest absolute Gasteiger partial charge is 0.338 e. The molecule has 128 valence electrons. The maximum atomic E-state index is 12.7. The third-order valence-corrected chi connectivity index (χ3v) is 5.55. The molecule has 1 fully saturated rings. The summed E-state index contributed by atoms with van der Waals surface area (Å²) in [6.07, 6.45) is 3.68. The van der Waals surface area contributed by atoms with E-state index in [2.05, 4.69) is 19.2 Å². The van der Waals surface area contributed by atoms with Crippen LogP contribution in [-0.2, 0) is 7.05 Å². The molecular weight excluding hydrogens is 322 g/mol. The molecule has 0 radical (unpaired) electrons. The van der Waals surface area contributed by atoms with Crippen LogP contribution in [0.15, 0.2) is 28.5 Å². The van der Waals surface area contributed by atoms with Crippen LogP contribution in [0.5, 0.6) is 0 Å². The van der Waals surface area contributed by atoms with Crippen LogP contribution >= 0.6 is 11.3 Å². The van der Waals surface area contributed by atoms with Gasteiger partial charge >= 0.3 is 0 Å². The van der Waals surface area contributed by atoms with Crippen LogP contribution in [0, 0.1) is 0 Å². The van der Waals surface area contributed by atoms with Gasteiger partial charge in [-0.15, -0.1) is 11.3 Å². The van der Waals surface area contributed by atoms with Gasteiger partial charge in [0.25, 0.3) is 5.91 Å². The second-order valence-corrected chi connectivity index (χ2v) is 7.61. The molecule has 0 bridgehead atoms. The summed E-state index contributed by atoms with van der Waals surface area (Å²) < 4.78 is 1.45. The summed E-state index contributed by atoms with van der Waals surface area (Å²) in [6, 6.07) is 3.07. The van der Waals surface area contributed by atoms with Crippen molar-refractivity contribution < 1.29 is 4.79 Å². The van der Waals surface area contributed by atoms with Crippen molar-refractivity contribution >= 4 is 17.2 Å². The Morgan fingerprint density at radius 3 is 2.83 bits per heavy atom. The molecular formula is C18H23N3O2S. The highest BCUT2D eigenvalue weighted by Crippen LogP contribution is 2.31. The smallest absolute Gasteiger partial charge is 0.255 e. The molecule has 1 amide bonds. The summed E-state index contributed by atoms with van der Waals surface area (Å²) in [5.41, 5.74) is 1.60. The van der Waals surface area contributed by atoms with Crippen LogP contribution in [0.3, 0.4) is 0 Å². The fourth-order valence-corrected chi connectivity index (χ4v) is 4.13. The molecule has 1 aliphatic rings. The first kappa shape index (κ1) is 16.9. The number of pyridine rings is 1. The molecule has 0 aromatic carbocycles. The number of amides is 1. The first-order chi connectivity index (χ1) is 11.5. The molecule has 1 atom stereocenters. The van der Waals surface area contributed by atoms with Gasteiger partial charge in [-0.3, -0.25) is 9.59 Å². The summed E-state index contributed by atoms with van der Waals surface area (Å²) in [5, 5.41) is 3.27. The van der Waals surface area contributed by atoms with E-state index >= 15 is 0 Å². The molecule has 3 heterocycles. The van der Waals surface area contributed by atoms with Gasteiger partial charge < -0.3 is 9.47 Å². The van der Waals surface area contributed by atoms with Gasteiger partial charge in [0.1, 0.15) is 0 Å². The van der Waals surface area contributed by atoms with Crippen LogP contribution in [-0.4, -0.2) is 33.4 Å². The Balaban J connectivity index is 1.75. The van der Waals surface area contributed by atoms with E-state index in [9.17, 15) is 9.59 Å². The maximum absolute atomic E-state index is 12.7. The molecule has 2 aromatic heterocycles. The van der Waals surface area contributed by atoms with E-state index in [0.717, 1.165) is 30.1 Å². The van der Waals surface area contributed by atoms with Gasteiger partial charge in [-0.25, -0.2) is 4.98 Å². The van der Waals surface area contributed by atoms with Gasteiger partial charge in [0.05, 0.1) is 16.3 Å². The Morgan fingerprint density at radius 1 is 1.38 bits per heavy atom. The minimum absolute atomic E-state index is 0.00376. The van der Waals surface area contributed by atoms with Crippen LogP contribution < -0.4 is 5.56 Å². The molecule has 6 heteroatoms. The Kier molecular flexibility index (Phi) is 4.85. The first-order valence-electron chi connectivity index (χ1n) is 8.37. The van der Waals surface area contributed by atoms with E-state index in [-0.39, 0.29) is 11.5 Å². The quantitative estimate of drug-likeness (QED) is 0.859. The van der Waals surface area contributed by atoms with Crippen molar-refractivity contribution in [3.8, 4) is 0 Å². The molecule has 1 aliphatic heterocycles. The first-order valence-corrected chi connectivity index (χ1v) is 9.25. The highest BCUT2D eigenvalue weighted by molar-refractivity contribution is 7.09. The predicted octanol–water partition coefficient (Wildman–Crippen LogP) is 2.99. The van der Waals surface area contributed by atoms with Gasteiger partial charge in [0.2, 0.25) is 5.56 Å². The molecule has 0 spiro atoms. The number of hydrogen-bond acceptors (Lipinski definition) is 4. The normalized spacial score (nSPS) is 18.2. The number of thiazole rings is 1. The van der Waals surface area contributed by atoms with E-state index < -0.39 is 0 Å². The molecule has 0 N–H and O–H groups in total. The van der Waals surface area contributed by atoms with Crippen molar-refractivity contribution in [2.75, 3.05) is 13.1 Å². The fraction of sp³-hybridized carbons (Fsp3) is 0.500. The highest BCUT2D eigenvalue weighted by Gasteiger charge is 2.27. The lowest BCUT2D eigenvalue weighted by Crippen LogP contribution is -2.39. The van der Waals surface area contributed by atoms with E-state index in [4.69, 9.17) is 4.98 Å². The Morgan fingerprint density at radius 2 is 2.17 bits per heavy atom. The van der Waals surface area contributed by atoms with Crippen molar-refractivity contribution in [2.24, 2.45) is 7.05 Å². The Bertz CT molecular complexity index is 794. The maximum Gasteiger partial charge on any atom is 0.255 e. The fourth-order valence-electron chi connectivity index (χ4n) is 3.02. The third kappa shape index (κ3) is 3.43. The Hall–Kier alpha value is -1.95. The number of carbonyl (C=O) groups excluding carboxylic acids is 1. The summed E-state index contributed by atoms with van der Waals surface area (Å²) in [6.45, 7) is 5.76. The average molecular weight is 345 g/mol. The lowest BCUT2D eigenvalue weighted by Gasteiger charge is -2.32. The highest BCUT2D eigenvalue weighted by atomic mass is 32.1. The predicted molar refractivity (Wildman–Crippen MR) is 95.8 cm³/mol. The SMILES string of the molecule is CC(C)c1csc([C@@H]2CCCN(C(=O)c3ccc(=O)n(C)c3)C2)n1. The number of hydrogen-bond donors (Lipinski definition) is 0. The topological polar surface area (TPSA) is 55.2 Å². The van der Waals surface area contributed by atoms with Gasteiger partial charge in [0, 0.05) is 43.7 Å². The van der Waals surface area contributed by atoms with E-state index in [1.165, 1.54) is 10.6 Å². The number of aromatic nitrogens is 2. The summed E-state index contributed by atoms with van der Waals surface area (Å²) >= 11 is 1.70. The second kappa shape index (κ2) is 6.89. The van der Waals surface area contributed by atoms with E-state index in [1.807, 2.05) is 4.90 Å². The average Bonchev–Trinajstić information content (AvgIpc) is 3.07. The third-order valence-electron chi connectivity index (χ3n) is 4.52. The van der Waals surface area contributed by atoms with Crippen molar-refractivity contribution in [3.63, 3.8) is 0 Å². The second-order valence-electron chi connectivity index (χ2n) is 6.72.